The first-order valence-corrected chi connectivity index (χ1v) is 11.2. The molecule has 0 saturated carbocycles. The van der Waals surface area contributed by atoms with Crippen molar-refractivity contribution in [3.63, 3.8) is 0 Å². The van der Waals surface area contributed by atoms with Gasteiger partial charge in [-0.1, -0.05) is 42.5 Å². The average Bonchev–Trinajstić information content (AvgIpc) is 3.26. The van der Waals surface area contributed by atoms with Crippen LogP contribution in [-0.2, 0) is 16.4 Å². The summed E-state index contributed by atoms with van der Waals surface area (Å²) in [4.78, 5) is 17.2. The van der Waals surface area contributed by atoms with E-state index in [0.717, 1.165) is 11.1 Å². The molecule has 0 aliphatic carbocycles. The zero-order chi connectivity index (χ0) is 22.0. The van der Waals surface area contributed by atoms with E-state index in [1.807, 2.05) is 24.3 Å². The first-order chi connectivity index (χ1) is 15.6. The van der Waals surface area contributed by atoms with Crippen molar-refractivity contribution >= 4 is 21.6 Å². The molecule has 5 rings (SSSR count). The van der Waals surface area contributed by atoms with Gasteiger partial charge in [0.1, 0.15) is 4.90 Å². The van der Waals surface area contributed by atoms with Crippen LogP contribution >= 0.6 is 0 Å². The summed E-state index contributed by atoms with van der Waals surface area (Å²) < 4.78 is 27.0. The Balaban J connectivity index is 1.32. The van der Waals surface area contributed by atoms with Crippen LogP contribution in [0, 0.1) is 0 Å². The Kier molecular flexibility index (Phi) is 5.04. The Morgan fingerprint density at radius 1 is 0.844 bits per heavy atom. The standard InChI is InChI=1S/C22H17N7O2S/c30-32(31,18-5-2-1-3-6-18)19-14-26-22-27-21(28-29(22)15-19)25-13-16-7-9-17(10-8-16)20-23-11-4-12-24-20/h1-12,14-15H,13H2,(H,25,28). The first-order valence-electron chi connectivity index (χ1n) is 9.72. The highest BCUT2D eigenvalue weighted by Gasteiger charge is 2.19. The molecule has 5 aromatic rings. The summed E-state index contributed by atoms with van der Waals surface area (Å²) in [6.45, 7) is 0.488. The normalized spacial score (nSPS) is 11.5. The number of hydrogen-bond acceptors (Lipinski definition) is 8. The van der Waals surface area contributed by atoms with Gasteiger partial charge in [0.2, 0.25) is 15.8 Å². The summed E-state index contributed by atoms with van der Waals surface area (Å²) in [5.74, 6) is 1.32. The minimum Gasteiger partial charge on any atom is -0.349 e. The van der Waals surface area contributed by atoms with Crippen LogP contribution in [0.4, 0.5) is 5.95 Å². The number of rotatable bonds is 6. The van der Waals surface area contributed by atoms with Crippen LogP contribution in [0.15, 0.2) is 95.2 Å². The quantitative estimate of drug-likeness (QED) is 0.426. The molecule has 3 aromatic heterocycles. The molecule has 0 amide bonds. The molecule has 0 radical (unpaired) electrons. The number of nitrogens with zero attached hydrogens (tertiary/aromatic N) is 6. The van der Waals surface area contributed by atoms with E-state index in [0.29, 0.717) is 24.1 Å². The maximum atomic E-state index is 12.8. The van der Waals surface area contributed by atoms with Gasteiger partial charge in [0.25, 0.3) is 5.78 Å². The molecule has 1 N–H and O–H groups in total. The minimum absolute atomic E-state index is 0.0476. The lowest BCUT2D eigenvalue weighted by atomic mass is 10.1. The highest BCUT2D eigenvalue weighted by molar-refractivity contribution is 7.91. The Labute approximate surface area is 183 Å². The van der Waals surface area contributed by atoms with Crippen LogP contribution in [0.2, 0.25) is 0 Å². The van der Waals surface area contributed by atoms with Crippen LogP contribution in [-0.4, -0.2) is 38.0 Å². The van der Waals surface area contributed by atoms with Crippen molar-refractivity contribution in [3.05, 3.63) is 91.0 Å². The van der Waals surface area contributed by atoms with Crippen molar-refractivity contribution < 1.29 is 8.42 Å². The molecule has 0 saturated heterocycles. The van der Waals surface area contributed by atoms with Gasteiger partial charge >= 0.3 is 0 Å². The number of anilines is 1. The van der Waals surface area contributed by atoms with Gasteiger partial charge in [0, 0.05) is 24.5 Å². The molecule has 0 unspecified atom stereocenters. The van der Waals surface area contributed by atoms with Gasteiger partial charge in [-0.15, -0.1) is 5.10 Å². The molecule has 2 aromatic carbocycles. The molecular formula is C22H17N7O2S. The number of sulfone groups is 1. The van der Waals surface area contributed by atoms with E-state index in [1.54, 1.807) is 48.8 Å². The third kappa shape index (κ3) is 3.91. The van der Waals surface area contributed by atoms with Crippen molar-refractivity contribution in [1.29, 1.82) is 0 Å². The lowest BCUT2D eigenvalue weighted by molar-refractivity contribution is 0.594. The minimum atomic E-state index is -3.69. The van der Waals surface area contributed by atoms with Crippen LogP contribution in [0.5, 0.6) is 0 Å². The van der Waals surface area contributed by atoms with Gasteiger partial charge < -0.3 is 5.32 Å². The Morgan fingerprint density at radius 2 is 1.59 bits per heavy atom. The lowest BCUT2D eigenvalue weighted by Gasteiger charge is -2.04. The molecule has 0 aliphatic rings. The Morgan fingerprint density at radius 3 is 2.34 bits per heavy atom. The van der Waals surface area contributed by atoms with Crippen molar-refractivity contribution in [2.24, 2.45) is 0 Å². The maximum absolute atomic E-state index is 12.8. The second-order valence-corrected chi connectivity index (χ2v) is 8.86. The topological polar surface area (TPSA) is 115 Å². The molecule has 10 heteroatoms. The van der Waals surface area contributed by atoms with E-state index in [9.17, 15) is 8.42 Å². The number of aromatic nitrogens is 6. The fourth-order valence-corrected chi connectivity index (χ4v) is 4.33. The molecule has 0 atom stereocenters. The molecule has 9 nitrogen and oxygen atoms in total. The van der Waals surface area contributed by atoms with E-state index in [4.69, 9.17) is 0 Å². The molecule has 0 spiro atoms. The average molecular weight is 443 g/mol. The van der Waals surface area contributed by atoms with Crippen molar-refractivity contribution in [2.75, 3.05) is 5.32 Å². The Hall–Kier alpha value is -4.18. The van der Waals surface area contributed by atoms with Gasteiger partial charge in [-0.2, -0.15) is 4.98 Å². The lowest BCUT2D eigenvalue weighted by Crippen LogP contribution is -2.05. The second kappa shape index (κ2) is 8.16. The fraction of sp³-hybridized carbons (Fsp3) is 0.0455. The van der Waals surface area contributed by atoms with Crippen molar-refractivity contribution in [1.82, 2.24) is 29.5 Å². The fourth-order valence-electron chi connectivity index (χ4n) is 3.12. The highest BCUT2D eigenvalue weighted by atomic mass is 32.2. The molecule has 0 aliphatic heterocycles. The smallest absolute Gasteiger partial charge is 0.254 e. The molecule has 3 heterocycles. The van der Waals surface area contributed by atoms with Crippen LogP contribution in [0.3, 0.4) is 0 Å². The van der Waals surface area contributed by atoms with Crippen molar-refractivity contribution in [3.8, 4) is 11.4 Å². The van der Waals surface area contributed by atoms with E-state index in [-0.39, 0.29) is 9.79 Å². The van der Waals surface area contributed by atoms with Gasteiger partial charge in [0.15, 0.2) is 5.82 Å². The van der Waals surface area contributed by atoms with Gasteiger partial charge in [-0.25, -0.2) is 27.9 Å². The van der Waals surface area contributed by atoms with Gasteiger partial charge in [-0.3, -0.25) is 0 Å². The number of benzene rings is 2. The van der Waals surface area contributed by atoms with Gasteiger partial charge in [0.05, 0.1) is 17.3 Å². The van der Waals surface area contributed by atoms with Crippen LogP contribution in [0.1, 0.15) is 5.56 Å². The zero-order valence-corrected chi connectivity index (χ0v) is 17.5. The monoisotopic (exact) mass is 443 g/mol. The van der Waals surface area contributed by atoms with E-state index in [2.05, 4.69) is 30.4 Å². The van der Waals surface area contributed by atoms with Crippen LogP contribution in [0.25, 0.3) is 17.2 Å². The zero-order valence-electron chi connectivity index (χ0n) is 16.7. The molecular weight excluding hydrogens is 426 g/mol. The number of fused-ring (bicyclic) bond motifs is 1. The summed E-state index contributed by atoms with van der Waals surface area (Å²) >= 11 is 0. The molecule has 158 valence electrons. The van der Waals surface area contributed by atoms with Crippen molar-refractivity contribution in [2.45, 2.75) is 16.3 Å². The first kappa shape index (κ1) is 19.8. The number of hydrogen-bond donors (Lipinski definition) is 1. The van der Waals surface area contributed by atoms with E-state index in [1.165, 1.54) is 16.9 Å². The van der Waals surface area contributed by atoms with Crippen LogP contribution < -0.4 is 5.32 Å². The third-order valence-corrected chi connectivity index (χ3v) is 6.49. The SMILES string of the molecule is O=S(=O)(c1ccccc1)c1cnc2nc(NCc3ccc(-c4ncccn4)cc3)nn2c1. The summed E-state index contributed by atoms with van der Waals surface area (Å²) in [5, 5.41) is 7.44. The van der Waals surface area contributed by atoms with E-state index >= 15 is 0 Å². The maximum Gasteiger partial charge on any atom is 0.254 e. The summed E-state index contributed by atoms with van der Waals surface area (Å²) in [6.07, 6.45) is 6.12. The largest absolute Gasteiger partial charge is 0.349 e. The second-order valence-electron chi connectivity index (χ2n) is 6.91. The molecule has 32 heavy (non-hydrogen) atoms. The summed E-state index contributed by atoms with van der Waals surface area (Å²) in [7, 11) is -3.69. The number of nitrogens with one attached hydrogen (secondary N) is 1. The predicted octanol–water partition coefficient (Wildman–Crippen LogP) is 3.03. The van der Waals surface area contributed by atoms with E-state index < -0.39 is 9.84 Å². The Bertz CT molecular complexity index is 1470. The predicted molar refractivity (Wildman–Crippen MR) is 117 cm³/mol. The van der Waals surface area contributed by atoms with Gasteiger partial charge in [-0.05, 0) is 23.8 Å². The highest BCUT2D eigenvalue weighted by Crippen LogP contribution is 2.20. The summed E-state index contributed by atoms with van der Waals surface area (Å²) in [6, 6.07) is 17.8. The molecule has 0 fully saturated rings. The summed E-state index contributed by atoms with van der Waals surface area (Å²) in [5.41, 5.74) is 1.94. The third-order valence-electron chi connectivity index (χ3n) is 4.76. The molecule has 0 bridgehead atoms.